The third-order valence-corrected chi connectivity index (χ3v) is 5.13. The number of hydrogen-bond acceptors (Lipinski definition) is 5. The van der Waals surface area contributed by atoms with Gasteiger partial charge in [0.05, 0.1) is 34.5 Å². The Morgan fingerprint density at radius 3 is 2.79 bits per heavy atom. The summed E-state index contributed by atoms with van der Waals surface area (Å²) < 4.78 is 3.60. The maximum absolute atomic E-state index is 12.8. The van der Waals surface area contributed by atoms with Gasteiger partial charge in [0, 0.05) is 36.8 Å². The van der Waals surface area contributed by atoms with Crippen LogP contribution in [-0.4, -0.2) is 36.8 Å². The van der Waals surface area contributed by atoms with Crippen LogP contribution >= 0.6 is 0 Å². The zero-order valence-corrected chi connectivity index (χ0v) is 15.8. The van der Waals surface area contributed by atoms with E-state index in [1.807, 2.05) is 36.7 Å². The van der Waals surface area contributed by atoms with Gasteiger partial charge in [0.2, 0.25) is 0 Å². The summed E-state index contributed by atoms with van der Waals surface area (Å²) >= 11 is 0. The molecule has 1 aliphatic rings. The van der Waals surface area contributed by atoms with Crippen molar-refractivity contribution in [2.24, 2.45) is 0 Å². The monoisotopic (exact) mass is 372 g/mol. The Kier molecular flexibility index (Phi) is 3.84. The largest absolute Gasteiger partial charge is 0.320 e. The fraction of sp³-hybridized carbons (Fsp3) is 0.238. The predicted molar refractivity (Wildman–Crippen MR) is 108 cm³/mol. The molecule has 0 spiro atoms. The van der Waals surface area contributed by atoms with Crippen LogP contribution in [0.5, 0.6) is 0 Å². The Labute approximate surface area is 161 Å². The lowest BCUT2D eigenvalue weighted by atomic mass is 10.1. The van der Waals surface area contributed by atoms with Crippen LogP contribution in [0.2, 0.25) is 0 Å². The van der Waals surface area contributed by atoms with E-state index >= 15 is 0 Å². The number of nitrogens with zero attached hydrogens (tertiary/aromatic N) is 5. The van der Waals surface area contributed by atoms with Crippen molar-refractivity contribution in [3.05, 3.63) is 70.4 Å². The van der Waals surface area contributed by atoms with E-state index < -0.39 is 0 Å². The SMILES string of the molecule is Cc1cn2cc(-c3cc(=O)n4cc(C5=CCNCC5)ncc4n3)cc2c(C)n1. The van der Waals surface area contributed by atoms with Gasteiger partial charge in [0.1, 0.15) is 0 Å². The number of aryl methyl sites for hydroxylation is 2. The Bertz CT molecular complexity index is 1310. The van der Waals surface area contributed by atoms with E-state index in [9.17, 15) is 4.79 Å². The van der Waals surface area contributed by atoms with Gasteiger partial charge >= 0.3 is 0 Å². The first-order valence-electron chi connectivity index (χ1n) is 9.34. The van der Waals surface area contributed by atoms with E-state index in [4.69, 9.17) is 0 Å². The summed E-state index contributed by atoms with van der Waals surface area (Å²) in [6.07, 6.45) is 10.4. The summed E-state index contributed by atoms with van der Waals surface area (Å²) in [4.78, 5) is 26.5. The second-order valence-corrected chi connectivity index (χ2v) is 7.15. The first-order chi connectivity index (χ1) is 13.6. The van der Waals surface area contributed by atoms with Crippen LogP contribution < -0.4 is 10.9 Å². The van der Waals surface area contributed by atoms with Crippen molar-refractivity contribution in [2.75, 3.05) is 13.1 Å². The second kappa shape index (κ2) is 6.38. The van der Waals surface area contributed by atoms with Crippen molar-refractivity contribution in [3.8, 4) is 11.3 Å². The molecule has 7 heteroatoms. The third-order valence-electron chi connectivity index (χ3n) is 5.13. The molecule has 0 aromatic carbocycles. The van der Waals surface area contributed by atoms with Gasteiger partial charge in [-0.3, -0.25) is 19.2 Å². The standard InChI is InChI=1S/C21H20N6O/c1-13-10-26-11-16(7-19(26)14(2)24-13)17-8-21(28)27-12-18(23-9-20(27)25-17)15-3-5-22-6-4-15/h3,7-12,22H,4-6H2,1-2H3. The molecule has 0 saturated carbocycles. The molecule has 0 aliphatic carbocycles. The molecule has 0 atom stereocenters. The highest BCUT2D eigenvalue weighted by molar-refractivity contribution is 5.70. The Morgan fingerprint density at radius 1 is 1.07 bits per heavy atom. The van der Waals surface area contributed by atoms with Gasteiger partial charge in [-0.1, -0.05) is 6.08 Å². The van der Waals surface area contributed by atoms with Crippen LogP contribution in [0.3, 0.4) is 0 Å². The molecule has 7 nitrogen and oxygen atoms in total. The van der Waals surface area contributed by atoms with E-state index in [0.717, 1.165) is 53.2 Å². The third kappa shape index (κ3) is 2.80. The summed E-state index contributed by atoms with van der Waals surface area (Å²) in [6.45, 7) is 5.70. The van der Waals surface area contributed by atoms with E-state index in [0.29, 0.717) is 11.3 Å². The summed E-state index contributed by atoms with van der Waals surface area (Å²) in [5.41, 5.74) is 6.86. The van der Waals surface area contributed by atoms with Crippen molar-refractivity contribution >= 4 is 16.7 Å². The summed E-state index contributed by atoms with van der Waals surface area (Å²) in [5.74, 6) is 0. The van der Waals surface area contributed by atoms with Crippen LogP contribution in [-0.2, 0) is 0 Å². The van der Waals surface area contributed by atoms with Crippen LogP contribution in [0.15, 0.2) is 47.8 Å². The molecule has 5 rings (SSSR count). The highest BCUT2D eigenvalue weighted by Crippen LogP contribution is 2.23. The smallest absolute Gasteiger partial charge is 0.258 e. The number of rotatable bonds is 2. The van der Waals surface area contributed by atoms with Crippen LogP contribution in [0, 0.1) is 13.8 Å². The van der Waals surface area contributed by atoms with Crippen LogP contribution in [0.4, 0.5) is 0 Å². The van der Waals surface area contributed by atoms with E-state index in [2.05, 4.69) is 26.3 Å². The molecule has 0 unspecified atom stereocenters. The van der Waals surface area contributed by atoms with Crippen molar-refractivity contribution in [1.29, 1.82) is 0 Å². The molecule has 28 heavy (non-hydrogen) atoms. The zero-order valence-electron chi connectivity index (χ0n) is 15.8. The van der Waals surface area contributed by atoms with Gasteiger partial charge in [0.15, 0.2) is 5.65 Å². The molecule has 0 radical (unpaired) electrons. The molecule has 5 heterocycles. The van der Waals surface area contributed by atoms with Crippen LogP contribution in [0.1, 0.15) is 23.5 Å². The molecule has 0 amide bonds. The van der Waals surface area contributed by atoms with Crippen molar-refractivity contribution < 1.29 is 0 Å². The predicted octanol–water partition coefficient (Wildman–Crippen LogP) is 2.40. The fourth-order valence-corrected chi connectivity index (χ4v) is 3.75. The quantitative estimate of drug-likeness (QED) is 0.585. The average molecular weight is 372 g/mol. The number of aromatic nitrogens is 5. The van der Waals surface area contributed by atoms with Crippen molar-refractivity contribution in [2.45, 2.75) is 20.3 Å². The maximum Gasteiger partial charge on any atom is 0.258 e. The highest BCUT2D eigenvalue weighted by atomic mass is 16.1. The lowest BCUT2D eigenvalue weighted by molar-refractivity contribution is 0.736. The molecule has 1 aliphatic heterocycles. The summed E-state index contributed by atoms with van der Waals surface area (Å²) in [5, 5.41) is 3.29. The highest BCUT2D eigenvalue weighted by Gasteiger charge is 2.12. The van der Waals surface area contributed by atoms with Gasteiger partial charge in [-0.25, -0.2) is 4.98 Å². The minimum absolute atomic E-state index is 0.112. The number of fused-ring (bicyclic) bond motifs is 2. The normalized spacial score (nSPS) is 14.6. The van der Waals surface area contributed by atoms with E-state index in [1.54, 1.807) is 22.9 Å². The molecule has 4 aromatic rings. The number of hydrogen-bond donors (Lipinski definition) is 1. The van der Waals surface area contributed by atoms with Gasteiger partial charge < -0.3 is 9.72 Å². The average Bonchev–Trinajstić information content (AvgIpc) is 3.13. The lowest BCUT2D eigenvalue weighted by Crippen LogP contribution is -2.21. The first-order valence-corrected chi connectivity index (χ1v) is 9.34. The number of nitrogens with one attached hydrogen (secondary N) is 1. The minimum Gasteiger partial charge on any atom is -0.320 e. The van der Waals surface area contributed by atoms with E-state index in [-0.39, 0.29) is 5.56 Å². The molecule has 4 aromatic heterocycles. The molecule has 0 saturated heterocycles. The van der Waals surface area contributed by atoms with Crippen molar-refractivity contribution in [1.82, 2.24) is 29.1 Å². The molecule has 0 bridgehead atoms. The second-order valence-electron chi connectivity index (χ2n) is 7.15. The molecule has 1 N–H and O–H groups in total. The molecule has 140 valence electrons. The summed E-state index contributed by atoms with van der Waals surface area (Å²) in [7, 11) is 0. The topological polar surface area (TPSA) is 76.6 Å². The summed E-state index contributed by atoms with van der Waals surface area (Å²) in [6, 6.07) is 3.60. The van der Waals surface area contributed by atoms with Crippen LogP contribution in [0.25, 0.3) is 28.0 Å². The van der Waals surface area contributed by atoms with Gasteiger partial charge in [-0.15, -0.1) is 0 Å². The Hall–Kier alpha value is -3.32. The molecular formula is C21H20N6O. The van der Waals surface area contributed by atoms with E-state index in [1.165, 1.54) is 0 Å². The van der Waals surface area contributed by atoms with Gasteiger partial charge in [-0.05, 0) is 38.5 Å². The zero-order chi connectivity index (χ0) is 19.3. The first kappa shape index (κ1) is 16.8. The Balaban J connectivity index is 1.63. The minimum atomic E-state index is -0.112. The lowest BCUT2D eigenvalue weighted by Gasteiger charge is -2.14. The van der Waals surface area contributed by atoms with Crippen molar-refractivity contribution in [3.63, 3.8) is 0 Å². The maximum atomic E-state index is 12.8. The van der Waals surface area contributed by atoms with Gasteiger partial charge in [-0.2, -0.15) is 0 Å². The molecule has 0 fully saturated rings. The van der Waals surface area contributed by atoms with Gasteiger partial charge in [0.25, 0.3) is 5.56 Å². The Morgan fingerprint density at radius 2 is 1.96 bits per heavy atom. The fourth-order valence-electron chi connectivity index (χ4n) is 3.75. The molecular weight excluding hydrogens is 352 g/mol.